The number of nitrogens with zero attached hydrogens (tertiary/aromatic N) is 7. The monoisotopic (exact) mass is 407 g/mol. The van der Waals surface area contributed by atoms with Crippen molar-refractivity contribution < 1.29 is 9.50 Å². The Morgan fingerprint density at radius 2 is 2.03 bits per heavy atom. The maximum atomic E-state index is 15.1. The van der Waals surface area contributed by atoms with E-state index in [2.05, 4.69) is 31.5 Å². The number of fused-ring (bicyclic) bond motifs is 2. The lowest BCUT2D eigenvalue weighted by atomic mass is 9.94. The van der Waals surface area contributed by atoms with Crippen molar-refractivity contribution in [1.29, 1.82) is 0 Å². The van der Waals surface area contributed by atoms with Crippen molar-refractivity contribution in [3.05, 3.63) is 54.9 Å². The van der Waals surface area contributed by atoms with Gasteiger partial charge in [0.1, 0.15) is 11.9 Å². The molecule has 5 rings (SSSR count). The minimum atomic E-state index is -0.996. The van der Waals surface area contributed by atoms with E-state index >= 15 is 4.39 Å². The van der Waals surface area contributed by atoms with Crippen LogP contribution in [0.3, 0.4) is 0 Å². The Bertz CT molecular complexity index is 1070. The molecule has 1 N–H and O–H groups in total. The van der Waals surface area contributed by atoms with E-state index in [0.29, 0.717) is 29.2 Å². The molecule has 0 radical (unpaired) electrons. The molecular weight excluding hydrogens is 385 g/mol. The molecule has 0 aliphatic carbocycles. The van der Waals surface area contributed by atoms with Gasteiger partial charge in [-0.15, -0.1) is 15.3 Å². The number of hydrogen-bond donors (Lipinski definition) is 1. The summed E-state index contributed by atoms with van der Waals surface area (Å²) in [5.41, 5.74) is 1.79. The molecule has 0 spiro atoms. The Morgan fingerprint density at radius 1 is 1.17 bits per heavy atom. The SMILES string of the molecule is CN1C2C=CC1[C@H](F)[C@@H](N(C)c1ccc(-c3ccc(-n4ccnn4)cc3O)nn1)C2. The van der Waals surface area contributed by atoms with Crippen LogP contribution in [0.25, 0.3) is 16.9 Å². The van der Waals surface area contributed by atoms with Crippen LogP contribution in [0.4, 0.5) is 10.2 Å². The number of phenols is 1. The van der Waals surface area contributed by atoms with Crippen molar-refractivity contribution in [3.8, 4) is 22.7 Å². The number of aromatic nitrogens is 5. The summed E-state index contributed by atoms with van der Waals surface area (Å²) in [5, 5.41) is 26.7. The van der Waals surface area contributed by atoms with Crippen LogP contribution in [0.1, 0.15) is 6.42 Å². The van der Waals surface area contributed by atoms with Crippen molar-refractivity contribution in [3.63, 3.8) is 0 Å². The molecular formula is C21H22FN7O. The second-order valence-corrected chi connectivity index (χ2v) is 7.79. The Balaban J connectivity index is 1.36. The highest BCUT2D eigenvalue weighted by Gasteiger charge is 2.44. The zero-order valence-electron chi connectivity index (χ0n) is 16.7. The summed E-state index contributed by atoms with van der Waals surface area (Å²) >= 11 is 0. The predicted molar refractivity (Wildman–Crippen MR) is 110 cm³/mol. The molecule has 0 amide bonds. The Morgan fingerprint density at radius 3 is 2.73 bits per heavy atom. The Labute approximate surface area is 173 Å². The van der Waals surface area contributed by atoms with Crippen molar-refractivity contribution in [1.82, 2.24) is 30.1 Å². The van der Waals surface area contributed by atoms with Gasteiger partial charge in [0.2, 0.25) is 0 Å². The number of benzene rings is 1. The van der Waals surface area contributed by atoms with Gasteiger partial charge >= 0.3 is 0 Å². The molecule has 0 saturated carbocycles. The van der Waals surface area contributed by atoms with Crippen LogP contribution in [-0.2, 0) is 0 Å². The van der Waals surface area contributed by atoms with E-state index in [1.807, 2.05) is 37.2 Å². The number of alkyl halides is 1. The maximum absolute atomic E-state index is 15.1. The molecule has 1 saturated heterocycles. The molecule has 9 heteroatoms. The summed E-state index contributed by atoms with van der Waals surface area (Å²) in [6.07, 6.45) is 7.02. The molecule has 1 fully saturated rings. The van der Waals surface area contributed by atoms with Crippen molar-refractivity contribution >= 4 is 5.82 Å². The van der Waals surface area contributed by atoms with Crippen LogP contribution in [0.2, 0.25) is 0 Å². The van der Waals surface area contributed by atoms with E-state index < -0.39 is 6.17 Å². The van der Waals surface area contributed by atoms with Crippen LogP contribution in [0.15, 0.2) is 54.9 Å². The van der Waals surface area contributed by atoms with E-state index in [1.165, 1.54) is 0 Å². The Hall–Kier alpha value is -3.33. The molecule has 4 atom stereocenters. The third-order valence-corrected chi connectivity index (χ3v) is 6.15. The van der Waals surface area contributed by atoms with Crippen molar-refractivity contribution in [2.45, 2.75) is 30.7 Å². The lowest BCUT2D eigenvalue weighted by Crippen LogP contribution is -2.56. The van der Waals surface area contributed by atoms with Gasteiger partial charge in [-0.05, 0) is 37.7 Å². The third kappa shape index (κ3) is 3.02. The van der Waals surface area contributed by atoms with E-state index in [1.54, 1.807) is 35.3 Å². The fraction of sp³-hybridized carbons (Fsp3) is 0.333. The second-order valence-electron chi connectivity index (χ2n) is 7.79. The lowest BCUT2D eigenvalue weighted by Gasteiger charge is -2.43. The highest BCUT2D eigenvalue weighted by atomic mass is 19.1. The van der Waals surface area contributed by atoms with Crippen molar-refractivity contribution in [2.24, 2.45) is 0 Å². The maximum Gasteiger partial charge on any atom is 0.151 e. The molecule has 3 aromatic rings. The first-order chi connectivity index (χ1) is 14.5. The van der Waals surface area contributed by atoms with Crippen LogP contribution >= 0.6 is 0 Å². The number of phenolic OH excluding ortho intramolecular Hbond substituents is 1. The minimum absolute atomic E-state index is 0.0696. The number of anilines is 1. The molecule has 2 unspecified atom stereocenters. The number of rotatable bonds is 4. The van der Waals surface area contributed by atoms with Gasteiger partial charge in [-0.1, -0.05) is 17.4 Å². The van der Waals surface area contributed by atoms with Gasteiger partial charge < -0.3 is 10.0 Å². The van der Waals surface area contributed by atoms with E-state index in [4.69, 9.17) is 0 Å². The number of aromatic hydroxyl groups is 1. The van der Waals surface area contributed by atoms with Gasteiger partial charge in [-0.25, -0.2) is 9.07 Å². The first-order valence-electron chi connectivity index (χ1n) is 9.84. The van der Waals surface area contributed by atoms with Gasteiger partial charge in [0.15, 0.2) is 5.82 Å². The second kappa shape index (κ2) is 7.17. The molecule has 154 valence electrons. The lowest BCUT2D eigenvalue weighted by molar-refractivity contribution is 0.0825. The molecule has 8 nitrogen and oxygen atoms in total. The minimum Gasteiger partial charge on any atom is -0.507 e. The molecule has 2 aliphatic heterocycles. The van der Waals surface area contributed by atoms with Crippen LogP contribution < -0.4 is 4.90 Å². The average molecular weight is 407 g/mol. The summed E-state index contributed by atoms with van der Waals surface area (Å²) in [5.74, 6) is 0.675. The normalized spacial score (nSPS) is 25.6. The zero-order valence-corrected chi connectivity index (χ0v) is 16.7. The summed E-state index contributed by atoms with van der Waals surface area (Å²) in [6.45, 7) is 0. The largest absolute Gasteiger partial charge is 0.507 e. The topological polar surface area (TPSA) is 83.2 Å². The van der Waals surface area contributed by atoms with Crippen LogP contribution in [0, 0.1) is 0 Å². The van der Waals surface area contributed by atoms with Crippen molar-refractivity contribution in [2.75, 3.05) is 19.0 Å². The number of piperidine rings is 1. The molecule has 2 aromatic heterocycles. The standard InChI is InChI=1S/C21H22FN7O/c1-27-13-4-7-17(27)21(22)18(11-13)28(2)20-8-6-16(24-25-20)15-5-3-14(12-19(15)30)29-10-9-23-26-29/h3-10,12-13,17-18,21,30H,11H2,1-2H3/t13?,17?,18-,21-/m0/s1. The number of halogens is 1. The smallest absolute Gasteiger partial charge is 0.151 e. The van der Waals surface area contributed by atoms with Gasteiger partial charge in [0, 0.05) is 24.7 Å². The zero-order chi connectivity index (χ0) is 20.8. The molecule has 2 bridgehead atoms. The van der Waals surface area contributed by atoms with Gasteiger partial charge in [-0.2, -0.15) is 0 Å². The fourth-order valence-electron chi connectivity index (χ4n) is 4.34. The van der Waals surface area contributed by atoms with Gasteiger partial charge in [0.05, 0.1) is 35.9 Å². The third-order valence-electron chi connectivity index (χ3n) is 6.15. The summed E-state index contributed by atoms with van der Waals surface area (Å²) < 4.78 is 16.6. The predicted octanol–water partition coefficient (Wildman–Crippen LogP) is 2.22. The molecule has 2 aliphatic rings. The first kappa shape index (κ1) is 18.7. The van der Waals surface area contributed by atoms with Gasteiger partial charge in [0.25, 0.3) is 0 Å². The highest BCUT2D eigenvalue weighted by molar-refractivity contribution is 5.69. The molecule has 30 heavy (non-hydrogen) atoms. The van der Waals surface area contributed by atoms with E-state index in [9.17, 15) is 5.11 Å². The van der Waals surface area contributed by atoms with E-state index in [-0.39, 0.29) is 23.9 Å². The summed E-state index contributed by atoms with van der Waals surface area (Å²) in [4.78, 5) is 3.95. The Kier molecular flexibility index (Phi) is 4.47. The first-order valence-corrected chi connectivity index (χ1v) is 9.84. The van der Waals surface area contributed by atoms with E-state index in [0.717, 1.165) is 0 Å². The van der Waals surface area contributed by atoms with Crippen LogP contribution in [-0.4, -0.2) is 73.6 Å². The molecule has 1 aromatic carbocycles. The summed E-state index contributed by atoms with van der Waals surface area (Å²) in [7, 11) is 3.82. The number of hydrogen-bond acceptors (Lipinski definition) is 7. The average Bonchev–Trinajstić information content (AvgIpc) is 3.37. The van der Waals surface area contributed by atoms with Gasteiger partial charge in [-0.3, -0.25) is 4.90 Å². The quantitative estimate of drug-likeness (QED) is 0.664. The fourth-order valence-corrected chi connectivity index (χ4v) is 4.34. The number of likely N-dealkylation sites (N-methyl/N-ethyl adjacent to an activating group) is 1. The summed E-state index contributed by atoms with van der Waals surface area (Å²) in [6, 6.07) is 8.58. The van der Waals surface area contributed by atoms with Crippen LogP contribution in [0.5, 0.6) is 5.75 Å². The highest BCUT2D eigenvalue weighted by Crippen LogP contribution is 2.35. The molecule has 4 heterocycles.